The molecule has 3 heterocycles. The van der Waals surface area contributed by atoms with Crippen molar-refractivity contribution < 1.29 is 0 Å². The summed E-state index contributed by atoms with van der Waals surface area (Å²) in [7, 11) is 0. The monoisotopic (exact) mass is 469 g/mol. The molecule has 0 unspecified atom stereocenters. The first kappa shape index (κ1) is 22.0. The zero-order chi connectivity index (χ0) is 23.7. The van der Waals surface area contributed by atoms with Gasteiger partial charge in [-0.3, -0.25) is 0 Å². The number of hydrogen-bond acceptors (Lipinski definition) is 5. The fourth-order valence-electron chi connectivity index (χ4n) is 4.24. The lowest BCUT2D eigenvalue weighted by molar-refractivity contribution is 0.745. The molecule has 0 saturated heterocycles. The van der Waals surface area contributed by atoms with Gasteiger partial charge in [-0.1, -0.05) is 73.1 Å². The van der Waals surface area contributed by atoms with Gasteiger partial charge in [-0.2, -0.15) is 0 Å². The molecule has 7 nitrogen and oxygen atoms in total. The third kappa shape index (κ3) is 4.10. The second kappa shape index (κ2) is 9.19. The molecule has 8 heteroatoms. The van der Waals surface area contributed by atoms with Gasteiger partial charge < -0.3 is 4.57 Å². The van der Waals surface area contributed by atoms with E-state index in [4.69, 9.17) is 21.6 Å². The van der Waals surface area contributed by atoms with Crippen molar-refractivity contribution in [2.24, 2.45) is 0 Å². The molecule has 170 valence electrons. The number of nitrogens with zero attached hydrogens (tertiary/aromatic N) is 6. The Balaban J connectivity index is 1.54. The molecule has 5 rings (SSSR count). The summed E-state index contributed by atoms with van der Waals surface area (Å²) in [6.45, 7) is 6.93. The van der Waals surface area contributed by atoms with Crippen molar-refractivity contribution in [3.05, 3.63) is 100 Å². The number of aryl methyl sites for hydroxylation is 3. The number of benzene rings is 2. The van der Waals surface area contributed by atoms with Gasteiger partial charge in [0.05, 0.1) is 11.6 Å². The summed E-state index contributed by atoms with van der Waals surface area (Å²) >= 11 is 6.76. The zero-order valence-corrected chi connectivity index (χ0v) is 20.0. The van der Waals surface area contributed by atoms with Crippen LogP contribution in [0.5, 0.6) is 0 Å². The number of hydrogen-bond donors (Lipinski definition) is 1. The van der Waals surface area contributed by atoms with Gasteiger partial charge in [-0.15, -0.1) is 5.10 Å². The molecular formula is C26H24ClN7. The molecule has 0 saturated carbocycles. The van der Waals surface area contributed by atoms with Crippen LogP contribution in [0.1, 0.15) is 46.5 Å². The molecule has 0 atom stereocenters. The number of aromatic nitrogens is 7. The number of H-pyrrole nitrogens is 1. The average molecular weight is 470 g/mol. The Bertz CT molecular complexity index is 1470. The number of pyridine rings is 1. The summed E-state index contributed by atoms with van der Waals surface area (Å²) in [4.78, 5) is 9.65. The number of rotatable bonds is 6. The Labute approximate surface area is 202 Å². The van der Waals surface area contributed by atoms with Crippen LogP contribution in [0.3, 0.4) is 0 Å². The predicted octanol–water partition coefficient (Wildman–Crippen LogP) is 5.33. The lowest BCUT2D eigenvalue weighted by atomic mass is 9.96. The molecule has 1 N–H and O–H groups in total. The van der Waals surface area contributed by atoms with E-state index in [-0.39, 0.29) is 0 Å². The van der Waals surface area contributed by atoms with Gasteiger partial charge >= 0.3 is 0 Å². The van der Waals surface area contributed by atoms with Crippen LogP contribution in [0, 0.1) is 13.8 Å². The number of halogens is 1. The van der Waals surface area contributed by atoms with E-state index < -0.39 is 0 Å². The van der Waals surface area contributed by atoms with Crippen molar-refractivity contribution >= 4 is 33.4 Å². The molecule has 0 radical (unpaired) electrons. The first-order valence-corrected chi connectivity index (χ1v) is 11.5. The first-order chi connectivity index (χ1) is 16.5. The first-order valence-electron chi connectivity index (χ1n) is 11.2. The van der Waals surface area contributed by atoms with Gasteiger partial charge in [0.25, 0.3) is 0 Å². The normalized spacial score (nSPS) is 12.2. The molecule has 0 aliphatic rings. The van der Waals surface area contributed by atoms with Gasteiger partial charge in [-0.05, 0) is 52.6 Å². The molecule has 0 fully saturated rings. The molecule has 2 aromatic carbocycles. The van der Waals surface area contributed by atoms with Crippen molar-refractivity contribution in [2.75, 3.05) is 0 Å². The topological polar surface area (TPSA) is 85.2 Å². The fraction of sp³-hybridized carbons (Fsp3) is 0.192. The Morgan fingerprint density at radius 3 is 2.38 bits per heavy atom. The summed E-state index contributed by atoms with van der Waals surface area (Å²) in [5.41, 5.74) is 8.04. The highest BCUT2D eigenvalue weighted by Crippen LogP contribution is 2.33. The minimum absolute atomic E-state index is 0.430. The van der Waals surface area contributed by atoms with E-state index in [0.29, 0.717) is 17.4 Å². The maximum Gasteiger partial charge on any atom is 0.191 e. The van der Waals surface area contributed by atoms with E-state index in [9.17, 15) is 0 Å². The van der Waals surface area contributed by atoms with Crippen molar-refractivity contribution in [3.63, 3.8) is 0 Å². The highest BCUT2D eigenvalue weighted by atomic mass is 35.5. The van der Waals surface area contributed by atoms with E-state index >= 15 is 0 Å². The van der Waals surface area contributed by atoms with Crippen molar-refractivity contribution in [1.29, 1.82) is 0 Å². The summed E-state index contributed by atoms with van der Waals surface area (Å²) in [6, 6.07) is 20.5. The predicted molar refractivity (Wildman–Crippen MR) is 134 cm³/mol. The number of aromatic amines is 1. The van der Waals surface area contributed by atoms with E-state index in [1.807, 2.05) is 37.3 Å². The number of fused-ring (bicyclic) bond motifs is 1. The molecule has 0 amide bonds. The molecule has 3 aromatic heterocycles. The van der Waals surface area contributed by atoms with Crippen molar-refractivity contribution in [1.82, 2.24) is 35.2 Å². The van der Waals surface area contributed by atoms with E-state index in [0.717, 1.165) is 56.9 Å². The van der Waals surface area contributed by atoms with E-state index in [1.165, 1.54) is 0 Å². The van der Waals surface area contributed by atoms with Crippen LogP contribution in [0.2, 0.25) is 0 Å². The van der Waals surface area contributed by atoms with Crippen molar-refractivity contribution in [2.45, 2.75) is 33.7 Å². The van der Waals surface area contributed by atoms with Gasteiger partial charge in [-0.25, -0.2) is 15.1 Å². The number of nitrogens with one attached hydrogen (secondary N) is 1. The van der Waals surface area contributed by atoms with E-state index in [1.54, 1.807) is 0 Å². The Morgan fingerprint density at radius 1 is 0.971 bits per heavy atom. The SMILES string of the molecule is CCc1nc2c(C)cc(C)nc2n1Cc1ccc(/C(=C(/Cl)c2nnn[nH]2)c2ccccc2)cc1. The average Bonchev–Trinajstić information content (AvgIpc) is 3.50. The summed E-state index contributed by atoms with van der Waals surface area (Å²) in [5.74, 6) is 1.46. The van der Waals surface area contributed by atoms with Crippen LogP contribution in [0.25, 0.3) is 21.8 Å². The lowest BCUT2D eigenvalue weighted by Gasteiger charge is -2.13. The van der Waals surface area contributed by atoms with Crippen LogP contribution >= 0.6 is 11.6 Å². The molecular weight excluding hydrogens is 446 g/mol. The fourth-order valence-corrected chi connectivity index (χ4v) is 4.54. The second-order valence-corrected chi connectivity index (χ2v) is 8.60. The molecule has 0 aliphatic heterocycles. The summed E-state index contributed by atoms with van der Waals surface area (Å²) < 4.78 is 2.21. The van der Waals surface area contributed by atoms with Crippen LogP contribution < -0.4 is 0 Å². The van der Waals surface area contributed by atoms with Crippen LogP contribution in [-0.4, -0.2) is 35.2 Å². The maximum absolute atomic E-state index is 6.76. The maximum atomic E-state index is 6.76. The zero-order valence-electron chi connectivity index (χ0n) is 19.2. The Hall–Kier alpha value is -3.84. The number of tetrazole rings is 1. The van der Waals surface area contributed by atoms with Crippen LogP contribution in [0.15, 0.2) is 60.7 Å². The lowest BCUT2D eigenvalue weighted by Crippen LogP contribution is -2.06. The Kier molecular flexibility index (Phi) is 5.94. The smallest absolute Gasteiger partial charge is 0.191 e. The van der Waals surface area contributed by atoms with Gasteiger partial charge in [0.2, 0.25) is 0 Å². The molecule has 5 aromatic rings. The van der Waals surface area contributed by atoms with E-state index in [2.05, 4.69) is 69.4 Å². The minimum Gasteiger partial charge on any atom is -0.308 e. The number of imidazole rings is 1. The molecule has 0 bridgehead atoms. The highest BCUT2D eigenvalue weighted by molar-refractivity contribution is 6.52. The quantitative estimate of drug-likeness (QED) is 0.363. The van der Waals surface area contributed by atoms with Gasteiger partial charge in [0.15, 0.2) is 11.5 Å². The minimum atomic E-state index is 0.430. The third-order valence-electron chi connectivity index (χ3n) is 5.84. The molecule has 0 aliphatic carbocycles. The summed E-state index contributed by atoms with van der Waals surface area (Å²) in [5, 5.41) is 14.6. The summed E-state index contributed by atoms with van der Waals surface area (Å²) in [6.07, 6.45) is 0.842. The molecule has 0 spiro atoms. The van der Waals surface area contributed by atoms with Gasteiger partial charge in [0.1, 0.15) is 11.3 Å². The standard InChI is InChI=1S/C26H24ClN7/c1-4-21-29-24-16(2)14-17(3)28-26(24)34(21)15-18-10-12-20(13-11-18)22(19-8-6-5-7-9-19)23(27)25-30-32-33-31-25/h5-14H,4,15H2,1-3H3,(H,30,31,32,33)/b23-22+. The second-order valence-electron chi connectivity index (χ2n) is 8.22. The molecule has 34 heavy (non-hydrogen) atoms. The van der Waals surface area contributed by atoms with Crippen LogP contribution in [-0.2, 0) is 13.0 Å². The Morgan fingerprint density at radius 2 is 1.71 bits per heavy atom. The van der Waals surface area contributed by atoms with Crippen LogP contribution in [0.4, 0.5) is 0 Å². The van der Waals surface area contributed by atoms with Gasteiger partial charge in [0, 0.05) is 17.7 Å². The van der Waals surface area contributed by atoms with Crippen molar-refractivity contribution in [3.8, 4) is 0 Å². The largest absolute Gasteiger partial charge is 0.308 e. The third-order valence-corrected chi connectivity index (χ3v) is 6.20. The highest BCUT2D eigenvalue weighted by Gasteiger charge is 2.16.